The molecule has 0 aromatic carbocycles. The molecule has 1 heterocycles. The zero-order valence-corrected chi connectivity index (χ0v) is 9.03. The van der Waals surface area contributed by atoms with Gasteiger partial charge in [-0.3, -0.25) is 9.59 Å². The van der Waals surface area contributed by atoms with Gasteiger partial charge in [-0.15, -0.1) is 0 Å². The lowest BCUT2D eigenvalue weighted by Gasteiger charge is -2.30. The van der Waals surface area contributed by atoms with E-state index in [1.807, 2.05) is 13.8 Å². The molecule has 0 aromatic rings. The van der Waals surface area contributed by atoms with Crippen LogP contribution in [-0.2, 0) is 14.4 Å². The number of aldehydes is 1. The van der Waals surface area contributed by atoms with E-state index in [9.17, 15) is 14.4 Å². The van der Waals surface area contributed by atoms with Gasteiger partial charge in [-0.05, 0) is 5.92 Å². The summed E-state index contributed by atoms with van der Waals surface area (Å²) >= 11 is 0. The summed E-state index contributed by atoms with van der Waals surface area (Å²) < 4.78 is 0. The van der Waals surface area contributed by atoms with Crippen molar-refractivity contribution in [2.75, 3.05) is 13.1 Å². The van der Waals surface area contributed by atoms with Gasteiger partial charge in [-0.1, -0.05) is 13.8 Å². The predicted molar refractivity (Wildman–Crippen MR) is 54.0 cm³/mol. The van der Waals surface area contributed by atoms with Gasteiger partial charge < -0.3 is 15.0 Å². The molecule has 0 aromatic heterocycles. The van der Waals surface area contributed by atoms with Crippen LogP contribution in [0.3, 0.4) is 0 Å². The third kappa shape index (κ3) is 2.78. The molecule has 0 aliphatic carbocycles. The summed E-state index contributed by atoms with van der Waals surface area (Å²) in [5, 5.41) is 2.68. The Balaban J connectivity index is 2.85. The number of amides is 2. The second kappa shape index (κ2) is 4.91. The van der Waals surface area contributed by atoms with E-state index in [4.69, 9.17) is 0 Å². The summed E-state index contributed by atoms with van der Waals surface area (Å²) in [5.74, 6) is -0.317. The number of rotatable bonds is 3. The van der Waals surface area contributed by atoms with Crippen LogP contribution in [0.4, 0.5) is 0 Å². The Labute approximate surface area is 88.8 Å². The van der Waals surface area contributed by atoms with E-state index < -0.39 is 0 Å². The molecule has 1 rings (SSSR count). The topological polar surface area (TPSA) is 66.5 Å². The molecule has 0 radical (unpaired) electrons. The van der Waals surface area contributed by atoms with E-state index in [-0.39, 0.29) is 36.7 Å². The van der Waals surface area contributed by atoms with Gasteiger partial charge in [0.15, 0.2) is 0 Å². The van der Waals surface area contributed by atoms with Gasteiger partial charge in [0.25, 0.3) is 0 Å². The predicted octanol–water partition coefficient (Wildman–Crippen LogP) is -0.442. The third-order valence-corrected chi connectivity index (χ3v) is 2.58. The van der Waals surface area contributed by atoms with Crippen LogP contribution < -0.4 is 5.32 Å². The first-order valence-electron chi connectivity index (χ1n) is 5.06. The number of hydrogen-bond donors (Lipinski definition) is 1. The first-order chi connectivity index (χ1) is 7.06. The molecule has 1 N–H and O–H groups in total. The average Bonchev–Trinajstić information content (AvgIpc) is 2.27. The summed E-state index contributed by atoms with van der Waals surface area (Å²) in [6, 6.07) is -0.0888. The Bertz CT molecular complexity index is 276. The molecule has 5 nitrogen and oxygen atoms in total. The van der Waals surface area contributed by atoms with Crippen molar-refractivity contribution in [2.24, 2.45) is 5.92 Å². The van der Waals surface area contributed by atoms with Crippen molar-refractivity contribution in [1.82, 2.24) is 10.2 Å². The normalized spacial score (nSPS) is 22.6. The molecule has 1 unspecified atom stereocenters. The summed E-state index contributed by atoms with van der Waals surface area (Å²) in [7, 11) is 0. The molecule has 1 aliphatic rings. The monoisotopic (exact) mass is 212 g/mol. The molecule has 0 saturated carbocycles. The quantitative estimate of drug-likeness (QED) is 0.509. The molecule has 15 heavy (non-hydrogen) atoms. The van der Waals surface area contributed by atoms with Crippen molar-refractivity contribution in [3.63, 3.8) is 0 Å². The van der Waals surface area contributed by atoms with Crippen LogP contribution >= 0.6 is 0 Å². The molecule has 0 spiro atoms. The molecule has 1 atom stereocenters. The smallest absolute Gasteiger partial charge is 0.232 e. The van der Waals surface area contributed by atoms with E-state index in [2.05, 4.69) is 5.32 Å². The van der Waals surface area contributed by atoms with Crippen LogP contribution in [0.2, 0.25) is 0 Å². The van der Waals surface area contributed by atoms with Crippen molar-refractivity contribution in [3.8, 4) is 0 Å². The molecular weight excluding hydrogens is 196 g/mol. The highest BCUT2D eigenvalue weighted by atomic mass is 16.2. The van der Waals surface area contributed by atoms with Crippen LogP contribution in [-0.4, -0.2) is 42.1 Å². The minimum Gasteiger partial charge on any atom is -0.354 e. The minimum atomic E-state index is -0.268. The van der Waals surface area contributed by atoms with Gasteiger partial charge in [0.1, 0.15) is 12.7 Å². The number of carbonyl (C=O) groups is 3. The minimum absolute atomic E-state index is 0.0661. The van der Waals surface area contributed by atoms with Crippen LogP contribution in [0.15, 0.2) is 0 Å². The maximum atomic E-state index is 11.6. The lowest BCUT2D eigenvalue weighted by molar-refractivity contribution is -0.137. The summed E-state index contributed by atoms with van der Waals surface area (Å²) in [4.78, 5) is 34.8. The maximum absolute atomic E-state index is 11.6. The van der Waals surface area contributed by atoms with Crippen molar-refractivity contribution in [2.45, 2.75) is 26.3 Å². The van der Waals surface area contributed by atoms with E-state index in [0.717, 1.165) is 0 Å². The Morgan fingerprint density at radius 2 is 2.20 bits per heavy atom. The van der Waals surface area contributed by atoms with Crippen molar-refractivity contribution in [1.29, 1.82) is 0 Å². The first kappa shape index (κ1) is 11.7. The average molecular weight is 212 g/mol. The molecule has 1 fully saturated rings. The summed E-state index contributed by atoms with van der Waals surface area (Å²) in [6.45, 7) is 4.42. The first-order valence-corrected chi connectivity index (χ1v) is 5.06. The second-order valence-electron chi connectivity index (χ2n) is 4.00. The fourth-order valence-corrected chi connectivity index (χ4v) is 1.73. The number of carbonyl (C=O) groups excluding carboxylic acids is 3. The van der Waals surface area contributed by atoms with Gasteiger partial charge in [-0.25, -0.2) is 0 Å². The van der Waals surface area contributed by atoms with Gasteiger partial charge in [0.2, 0.25) is 11.8 Å². The fraction of sp³-hybridized carbons (Fsp3) is 0.700. The number of nitrogens with zero attached hydrogens (tertiary/aromatic N) is 1. The Morgan fingerprint density at radius 1 is 1.53 bits per heavy atom. The van der Waals surface area contributed by atoms with Gasteiger partial charge in [0.05, 0.1) is 12.6 Å². The van der Waals surface area contributed by atoms with E-state index in [1.54, 1.807) is 0 Å². The summed E-state index contributed by atoms with van der Waals surface area (Å²) in [5.41, 5.74) is 0. The molecule has 1 aliphatic heterocycles. The zero-order chi connectivity index (χ0) is 11.4. The molecule has 0 bridgehead atoms. The van der Waals surface area contributed by atoms with Gasteiger partial charge >= 0.3 is 0 Å². The fourth-order valence-electron chi connectivity index (χ4n) is 1.73. The lowest BCUT2D eigenvalue weighted by atomic mass is 10.0. The van der Waals surface area contributed by atoms with E-state index >= 15 is 0 Å². The second-order valence-corrected chi connectivity index (χ2v) is 4.00. The highest BCUT2D eigenvalue weighted by Gasteiger charge is 2.30. The van der Waals surface area contributed by atoms with Crippen LogP contribution in [0, 0.1) is 5.92 Å². The molecular formula is C10H16N2O3. The van der Waals surface area contributed by atoms with Gasteiger partial charge in [-0.2, -0.15) is 0 Å². The van der Waals surface area contributed by atoms with Gasteiger partial charge in [0, 0.05) is 6.54 Å². The van der Waals surface area contributed by atoms with Crippen molar-refractivity contribution in [3.05, 3.63) is 0 Å². The Kier molecular flexibility index (Phi) is 3.82. The van der Waals surface area contributed by atoms with Crippen LogP contribution in [0.5, 0.6) is 0 Å². The SMILES string of the molecule is CC(C)C1CNC(=O)CC(=O)N1CC=O. The Morgan fingerprint density at radius 3 is 2.73 bits per heavy atom. The molecule has 5 heteroatoms. The third-order valence-electron chi connectivity index (χ3n) is 2.58. The van der Waals surface area contributed by atoms with E-state index in [0.29, 0.717) is 12.8 Å². The number of hydrogen-bond acceptors (Lipinski definition) is 3. The summed E-state index contributed by atoms with van der Waals surface area (Å²) in [6.07, 6.45) is 0.542. The van der Waals surface area contributed by atoms with Crippen LogP contribution in [0.25, 0.3) is 0 Å². The molecule has 1 saturated heterocycles. The lowest BCUT2D eigenvalue weighted by Crippen LogP contribution is -2.46. The standard InChI is InChI=1S/C10H16N2O3/c1-7(2)8-6-11-9(14)5-10(15)12(8)3-4-13/h4,7-8H,3,5-6H2,1-2H3,(H,11,14). The highest BCUT2D eigenvalue weighted by molar-refractivity contribution is 5.98. The van der Waals surface area contributed by atoms with E-state index in [1.165, 1.54) is 4.90 Å². The molecule has 2 amide bonds. The molecule has 84 valence electrons. The highest BCUT2D eigenvalue weighted by Crippen LogP contribution is 2.13. The maximum Gasteiger partial charge on any atom is 0.232 e. The number of nitrogens with one attached hydrogen (secondary N) is 1. The Hall–Kier alpha value is -1.39. The largest absolute Gasteiger partial charge is 0.354 e. The van der Waals surface area contributed by atoms with Crippen molar-refractivity contribution >= 4 is 18.1 Å². The van der Waals surface area contributed by atoms with Crippen LogP contribution in [0.1, 0.15) is 20.3 Å². The zero-order valence-electron chi connectivity index (χ0n) is 9.03. The van der Waals surface area contributed by atoms with Crippen molar-refractivity contribution < 1.29 is 14.4 Å².